The van der Waals surface area contributed by atoms with E-state index in [-0.39, 0.29) is 5.97 Å². The molecule has 177 valence electrons. The summed E-state index contributed by atoms with van der Waals surface area (Å²) in [5.41, 5.74) is 0.645. The van der Waals surface area contributed by atoms with Gasteiger partial charge in [0.05, 0.1) is 0 Å². The molecule has 1 atom stereocenters. The van der Waals surface area contributed by atoms with Crippen molar-refractivity contribution in [1.29, 1.82) is 0 Å². The Morgan fingerprint density at radius 2 is 1.40 bits per heavy atom. The molecule has 0 spiro atoms. The van der Waals surface area contributed by atoms with Crippen molar-refractivity contribution in [2.24, 2.45) is 0 Å². The van der Waals surface area contributed by atoms with Gasteiger partial charge >= 0.3 is 9.28 Å². The smallest absolute Gasteiger partial charge is 0.402 e. The molecule has 1 rings (SSSR count). The first-order valence-corrected chi connectivity index (χ1v) is 16.5. The standard InChI is InChI=1S/C24H49O4Si2/c1-7-12-16-20-30(21-17-13-8-2,22-18-14-15-19-22)28-23(25)24(6,9-3)29(26-10-4)27-11-5/h22H,7-21H2,1-6H3. The minimum absolute atomic E-state index is 0.0210. The van der Waals surface area contributed by atoms with Crippen molar-refractivity contribution in [3.8, 4) is 0 Å². The third-order valence-electron chi connectivity index (χ3n) is 6.96. The van der Waals surface area contributed by atoms with Crippen LogP contribution >= 0.6 is 0 Å². The molecule has 0 aliphatic heterocycles. The highest BCUT2D eigenvalue weighted by molar-refractivity contribution is 6.77. The highest BCUT2D eigenvalue weighted by Gasteiger charge is 2.53. The molecule has 1 saturated carbocycles. The van der Waals surface area contributed by atoms with Gasteiger partial charge in [-0.25, -0.2) is 0 Å². The first-order valence-electron chi connectivity index (χ1n) is 12.8. The van der Waals surface area contributed by atoms with Gasteiger partial charge in [-0.1, -0.05) is 72.1 Å². The topological polar surface area (TPSA) is 44.8 Å². The van der Waals surface area contributed by atoms with E-state index in [2.05, 4.69) is 20.8 Å². The highest BCUT2D eigenvalue weighted by Crippen LogP contribution is 2.47. The molecule has 1 aliphatic rings. The summed E-state index contributed by atoms with van der Waals surface area (Å²) >= 11 is 0. The Morgan fingerprint density at radius 1 is 0.900 bits per heavy atom. The monoisotopic (exact) mass is 457 g/mol. The number of rotatable bonds is 17. The molecule has 0 aromatic rings. The molecule has 30 heavy (non-hydrogen) atoms. The van der Waals surface area contributed by atoms with E-state index in [0.29, 0.717) is 25.2 Å². The molecule has 0 aromatic heterocycles. The second-order valence-corrected chi connectivity index (χ2v) is 15.6. The fourth-order valence-electron chi connectivity index (χ4n) is 4.81. The molecule has 0 aromatic carbocycles. The van der Waals surface area contributed by atoms with Crippen molar-refractivity contribution in [2.75, 3.05) is 13.2 Å². The van der Waals surface area contributed by atoms with E-state index in [1.54, 1.807) is 0 Å². The van der Waals surface area contributed by atoms with E-state index < -0.39 is 22.6 Å². The Labute approximate surface area is 189 Å². The SMILES string of the molecule is CCCCC[Si](CCCCC)(OC(=O)C(C)(CC)[Si](OCC)OCC)C1CCCC1. The quantitative estimate of drug-likeness (QED) is 0.167. The third-order valence-corrected chi connectivity index (χ3v) is 14.6. The Morgan fingerprint density at radius 3 is 1.80 bits per heavy atom. The number of unbranched alkanes of at least 4 members (excludes halogenated alkanes) is 4. The molecule has 6 heteroatoms. The zero-order valence-corrected chi connectivity index (χ0v) is 22.8. The molecule has 1 fully saturated rings. The molecular weight excluding hydrogens is 408 g/mol. The minimum atomic E-state index is -2.16. The van der Waals surface area contributed by atoms with Crippen molar-refractivity contribution in [2.45, 2.75) is 135 Å². The molecule has 1 radical (unpaired) electrons. The van der Waals surface area contributed by atoms with Gasteiger partial charge in [0.2, 0.25) is 0 Å². The third kappa shape index (κ3) is 7.75. The van der Waals surface area contributed by atoms with Crippen LogP contribution in [-0.4, -0.2) is 36.8 Å². The van der Waals surface area contributed by atoms with Crippen molar-refractivity contribution >= 4 is 23.6 Å². The van der Waals surface area contributed by atoms with Crippen LogP contribution in [0.3, 0.4) is 0 Å². The van der Waals surface area contributed by atoms with Crippen LogP contribution < -0.4 is 0 Å². The van der Waals surface area contributed by atoms with Gasteiger partial charge in [0.1, 0.15) is 5.04 Å². The second kappa shape index (κ2) is 14.8. The maximum Gasteiger partial charge on any atom is 0.402 e. The molecule has 0 N–H and O–H groups in total. The van der Waals surface area contributed by atoms with Crippen LogP contribution in [0.1, 0.15) is 112 Å². The average Bonchev–Trinajstić information content (AvgIpc) is 3.28. The lowest BCUT2D eigenvalue weighted by Crippen LogP contribution is -2.50. The van der Waals surface area contributed by atoms with Crippen molar-refractivity contribution < 1.29 is 18.1 Å². The van der Waals surface area contributed by atoms with Crippen LogP contribution in [-0.2, 0) is 18.1 Å². The largest absolute Gasteiger partial charge is 0.518 e. The summed E-state index contributed by atoms with van der Waals surface area (Å²) in [4.78, 5) is 13.8. The van der Waals surface area contributed by atoms with Crippen LogP contribution in [0.4, 0.5) is 0 Å². The van der Waals surface area contributed by atoms with E-state index in [0.717, 1.165) is 12.1 Å². The van der Waals surface area contributed by atoms with Gasteiger partial charge in [0.25, 0.3) is 14.3 Å². The van der Waals surface area contributed by atoms with Crippen molar-refractivity contribution in [1.82, 2.24) is 0 Å². The first kappa shape index (κ1) is 27.9. The van der Waals surface area contributed by atoms with Crippen LogP contribution in [0.15, 0.2) is 0 Å². The van der Waals surface area contributed by atoms with Crippen LogP contribution in [0.5, 0.6) is 0 Å². The maximum absolute atomic E-state index is 13.8. The Kier molecular flexibility index (Phi) is 13.7. The molecule has 4 nitrogen and oxygen atoms in total. The van der Waals surface area contributed by atoms with Crippen molar-refractivity contribution in [3.63, 3.8) is 0 Å². The lowest BCUT2D eigenvalue weighted by atomic mass is 10.1. The Hall–Kier alpha value is -0.176. The molecular formula is C24H49O4Si2. The molecule has 0 bridgehead atoms. The normalized spacial score (nSPS) is 17.4. The zero-order valence-electron chi connectivity index (χ0n) is 20.8. The van der Waals surface area contributed by atoms with Gasteiger partial charge in [-0.15, -0.1) is 0 Å². The molecule has 1 aliphatic carbocycles. The van der Waals surface area contributed by atoms with Crippen molar-refractivity contribution in [3.05, 3.63) is 0 Å². The van der Waals surface area contributed by atoms with E-state index in [4.69, 9.17) is 13.3 Å². The summed E-state index contributed by atoms with van der Waals surface area (Å²) in [6.07, 6.45) is 13.2. The number of carbonyl (C=O) groups is 1. The predicted molar refractivity (Wildman–Crippen MR) is 130 cm³/mol. The Balaban J connectivity index is 3.16. The van der Waals surface area contributed by atoms with E-state index >= 15 is 0 Å². The molecule has 1 unspecified atom stereocenters. The van der Waals surface area contributed by atoms with Gasteiger partial charge in [-0.3, -0.25) is 4.79 Å². The van der Waals surface area contributed by atoms with Gasteiger partial charge in [0, 0.05) is 13.2 Å². The fourth-order valence-corrected chi connectivity index (χ4v) is 11.9. The Bertz CT molecular complexity index is 452. The van der Waals surface area contributed by atoms with E-state index in [1.165, 1.54) is 64.2 Å². The predicted octanol–water partition coefficient (Wildman–Crippen LogP) is 7.53. The van der Waals surface area contributed by atoms with Crippen LogP contribution in [0.25, 0.3) is 0 Å². The maximum atomic E-state index is 13.8. The van der Waals surface area contributed by atoms with Crippen LogP contribution in [0, 0.1) is 0 Å². The van der Waals surface area contributed by atoms with Crippen LogP contribution in [0.2, 0.25) is 22.7 Å². The molecule has 0 amide bonds. The molecule has 0 heterocycles. The number of hydrogen-bond donors (Lipinski definition) is 0. The summed E-state index contributed by atoms with van der Waals surface area (Å²) < 4.78 is 18.8. The summed E-state index contributed by atoms with van der Waals surface area (Å²) in [6, 6.07) is 2.29. The number of hydrogen-bond acceptors (Lipinski definition) is 4. The highest BCUT2D eigenvalue weighted by atomic mass is 28.4. The summed E-state index contributed by atoms with van der Waals surface area (Å²) in [5.74, 6) is -0.0210. The first-order chi connectivity index (χ1) is 14.4. The lowest BCUT2D eigenvalue weighted by Gasteiger charge is -2.40. The van der Waals surface area contributed by atoms with Gasteiger partial charge in [-0.2, -0.15) is 0 Å². The van der Waals surface area contributed by atoms with Gasteiger partial charge < -0.3 is 13.3 Å². The average molecular weight is 458 g/mol. The molecule has 0 saturated heterocycles. The summed E-state index contributed by atoms with van der Waals surface area (Å²) in [7, 11) is -3.89. The van der Waals surface area contributed by atoms with E-state index in [9.17, 15) is 4.79 Å². The summed E-state index contributed by atoms with van der Waals surface area (Å²) in [6.45, 7) is 13.8. The fraction of sp³-hybridized carbons (Fsp3) is 0.958. The summed E-state index contributed by atoms with van der Waals surface area (Å²) in [5, 5.41) is -0.650. The van der Waals surface area contributed by atoms with E-state index in [1.807, 2.05) is 20.8 Å². The second-order valence-electron chi connectivity index (χ2n) is 9.19. The van der Waals surface area contributed by atoms with Gasteiger partial charge in [-0.05, 0) is 57.7 Å². The van der Waals surface area contributed by atoms with Gasteiger partial charge in [0.15, 0.2) is 0 Å². The minimum Gasteiger partial charge on any atom is -0.518 e. The zero-order chi connectivity index (χ0) is 22.5. The lowest BCUT2D eigenvalue weighted by molar-refractivity contribution is -0.139. The number of carbonyl (C=O) groups excluding carboxylic acids is 1.